The number of hydrogen-bond acceptors (Lipinski definition) is 2. The Hall–Kier alpha value is -2.75. The van der Waals surface area contributed by atoms with Crippen LogP contribution in [0.25, 0.3) is 10.9 Å². The highest BCUT2D eigenvalue weighted by Gasteiger charge is 2.09. The van der Waals surface area contributed by atoms with Crippen LogP contribution in [0.4, 0.5) is 5.69 Å². The Morgan fingerprint density at radius 3 is 2.74 bits per heavy atom. The monoisotopic (exact) mass is 308 g/mol. The lowest BCUT2D eigenvalue weighted by Gasteiger charge is -2.11. The van der Waals surface area contributed by atoms with Crippen molar-refractivity contribution in [2.24, 2.45) is 0 Å². The number of amides is 1. The molecule has 2 N–H and O–H groups in total. The zero-order valence-electron chi connectivity index (χ0n) is 13.6. The molecule has 0 radical (unpaired) electrons. The zero-order chi connectivity index (χ0) is 16.4. The minimum Gasteiger partial charge on any atom is -0.483 e. The number of H-pyrrole nitrogens is 1. The third-order valence-electron chi connectivity index (χ3n) is 3.99. The van der Waals surface area contributed by atoms with Crippen LogP contribution in [0.1, 0.15) is 16.8 Å². The second-order valence-corrected chi connectivity index (χ2v) is 5.75. The fourth-order valence-corrected chi connectivity index (χ4v) is 2.61. The van der Waals surface area contributed by atoms with Crippen LogP contribution in [-0.2, 0) is 4.79 Å². The number of ether oxygens (including phenoxy) is 1. The van der Waals surface area contributed by atoms with E-state index in [9.17, 15) is 4.79 Å². The topological polar surface area (TPSA) is 54.1 Å². The maximum absolute atomic E-state index is 12.2. The Morgan fingerprint density at radius 1 is 1.13 bits per heavy atom. The first-order valence-electron chi connectivity index (χ1n) is 7.62. The van der Waals surface area contributed by atoms with Gasteiger partial charge in [-0.15, -0.1) is 0 Å². The molecule has 3 rings (SSSR count). The van der Waals surface area contributed by atoms with Gasteiger partial charge >= 0.3 is 0 Å². The molecular weight excluding hydrogens is 288 g/mol. The third kappa shape index (κ3) is 3.21. The number of carbonyl (C=O) groups is 1. The maximum Gasteiger partial charge on any atom is 0.262 e. The summed E-state index contributed by atoms with van der Waals surface area (Å²) in [5.74, 6) is 0.577. The largest absolute Gasteiger partial charge is 0.483 e. The van der Waals surface area contributed by atoms with E-state index in [-0.39, 0.29) is 12.5 Å². The van der Waals surface area contributed by atoms with E-state index in [1.54, 1.807) is 0 Å². The highest BCUT2D eigenvalue weighted by atomic mass is 16.5. The lowest BCUT2D eigenvalue weighted by molar-refractivity contribution is -0.118. The number of aryl methyl sites for hydroxylation is 2. The number of aromatic nitrogens is 1. The molecule has 0 atom stereocenters. The molecular formula is C19H20N2O2. The van der Waals surface area contributed by atoms with Crippen LogP contribution in [-0.4, -0.2) is 17.5 Å². The van der Waals surface area contributed by atoms with Gasteiger partial charge < -0.3 is 15.0 Å². The number of aromatic amines is 1. The molecule has 2 aromatic carbocycles. The van der Waals surface area contributed by atoms with Crippen LogP contribution < -0.4 is 10.1 Å². The molecule has 3 aromatic rings. The lowest BCUT2D eigenvalue weighted by Crippen LogP contribution is -2.20. The molecule has 0 aliphatic heterocycles. The van der Waals surface area contributed by atoms with Crippen molar-refractivity contribution in [3.05, 3.63) is 59.3 Å². The summed E-state index contributed by atoms with van der Waals surface area (Å²) in [6.07, 6.45) is 0. The number of hydrogen-bond donors (Lipinski definition) is 2. The summed E-state index contributed by atoms with van der Waals surface area (Å²) >= 11 is 0. The van der Waals surface area contributed by atoms with Gasteiger partial charge in [-0.25, -0.2) is 0 Å². The Kier molecular flexibility index (Phi) is 4.06. The van der Waals surface area contributed by atoms with Gasteiger partial charge in [0.2, 0.25) is 0 Å². The van der Waals surface area contributed by atoms with E-state index in [4.69, 9.17) is 4.74 Å². The smallest absolute Gasteiger partial charge is 0.262 e. The molecule has 0 aliphatic rings. The quantitative estimate of drug-likeness (QED) is 0.762. The van der Waals surface area contributed by atoms with E-state index < -0.39 is 0 Å². The van der Waals surface area contributed by atoms with Crippen molar-refractivity contribution in [2.75, 3.05) is 11.9 Å². The predicted molar refractivity (Wildman–Crippen MR) is 93.1 cm³/mol. The molecule has 1 aromatic heterocycles. The van der Waals surface area contributed by atoms with Crippen molar-refractivity contribution in [2.45, 2.75) is 20.8 Å². The minimum atomic E-state index is -0.169. The summed E-state index contributed by atoms with van der Waals surface area (Å²) in [6.45, 7) is 6.00. The first-order valence-corrected chi connectivity index (χ1v) is 7.62. The minimum absolute atomic E-state index is 0.00984. The predicted octanol–water partition coefficient (Wildman–Crippen LogP) is 4.11. The summed E-state index contributed by atoms with van der Waals surface area (Å²) in [5, 5.41) is 3.92. The van der Waals surface area contributed by atoms with Crippen LogP contribution >= 0.6 is 0 Å². The zero-order valence-corrected chi connectivity index (χ0v) is 13.6. The van der Waals surface area contributed by atoms with Gasteiger partial charge in [-0.1, -0.05) is 18.2 Å². The molecule has 0 fully saturated rings. The maximum atomic E-state index is 12.2. The molecule has 0 saturated carbocycles. The molecule has 0 saturated heterocycles. The SMILES string of the molecule is Cc1cc2c(NC(=O)COc3cccc(C)c3C)cccc2[nH]1. The average molecular weight is 308 g/mol. The first-order chi connectivity index (χ1) is 11.0. The fourth-order valence-electron chi connectivity index (χ4n) is 2.61. The van der Waals surface area contributed by atoms with E-state index in [0.717, 1.165) is 39.2 Å². The third-order valence-corrected chi connectivity index (χ3v) is 3.99. The van der Waals surface area contributed by atoms with Gasteiger partial charge in [-0.05, 0) is 56.2 Å². The van der Waals surface area contributed by atoms with Gasteiger partial charge in [0, 0.05) is 16.6 Å². The van der Waals surface area contributed by atoms with E-state index in [1.165, 1.54) is 0 Å². The van der Waals surface area contributed by atoms with Crippen LogP contribution in [0, 0.1) is 20.8 Å². The van der Waals surface area contributed by atoms with E-state index in [0.29, 0.717) is 0 Å². The molecule has 0 aliphatic carbocycles. The molecule has 1 heterocycles. The molecule has 23 heavy (non-hydrogen) atoms. The van der Waals surface area contributed by atoms with Gasteiger partial charge in [-0.2, -0.15) is 0 Å². The van der Waals surface area contributed by atoms with E-state index in [1.807, 2.05) is 63.2 Å². The number of fused-ring (bicyclic) bond motifs is 1. The second-order valence-electron chi connectivity index (χ2n) is 5.75. The number of anilines is 1. The summed E-state index contributed by atoms with van der Waals surface area (Å²) < 4.78 is 5.65. The first kappa shape index (κ1) is 15.2. The van der Waals surface area contributed by atoms with Gasteiger partial charge in [0.15, 0.2) is 6.61 Å². The van der Waals surface area contributed by atoms with E-state index >= 15 is 0 Å². The Balaban J connectivity index is 1.70. The van der Waals surface area contributed by atoms with Gasteiger partial charge in [0.05, 0.1) is 5.69 Å². The second kappa shape index (κ2) is 6.16. The Bertz CT molecular complexity index is 865. The molecule has 4 heteroatoms. The van der Waals surface area contributed by atoms with Crippen molar-refractivity contribution in [3.63, 3.8) is 0 Å². The summed E-state index contributed by atoms with van der Waals surface area (Å²) in [6, 6.07) is 13.7. The fraction of sp³-hybridized carbons (Fsp3) is 0.211. The molecule has 4 nitrogen and oxygen atoms in total. The van der Waals surface area contributed by atoms with Crippen LogP contribution in [0.5, 0.6) is 5.75 Å². The number of carbonyl (C=O) groups excluding carboxylic acids is 1. The van der Waals surface area contributed by atoms with Crippen molar-refractivity contribution in [1.29, 1.82) is 0 Å². The lowest BCUT2D eigenvalue weighted by atomic mass is 10.1. The molecule has 118 valence electrons. The number of nitrogens with one attached hydrogen (secondary N) is 2. The standard InChI is InChI=1S/C19H20N2O2/c1-12-6-4-9-18(14(12)3)23-11-19(22)21-17-8-5-7-16-15(17)10-13(2)20-16/h4-10,20H,11H2,1-3H3,(H,21,22). The molecule has 1 amide bonds. The van der Waals surface area contributed by atoms with Crippen LogP contribution in [0.3, 0.4) is 0 Å². The van der Waals surface area contributed by atoms with Crippen molar-refractivity contribution in [1.82, 2.24) is 4.98 Å². The van der Waals surface area contributed by atoms with Gasteiger partial charge in [0.1, 0.15) is 5.75 Å². The number of benzene rings is 2. The summed E-state index contributed by atoms with van der Waals surface area (Å²) in [7, 11) is 0. The normalized spacial score (nSPS) is 10.7. The molecule has 0 bridgehead atoms. The van der Waals surface area contributed by atoms with Gasteiger partial charge in [0.25, 0.3) is 5.91 Å². The molecule has 0 spiro atoms. The van der Waals surface area contributed by atoms with Gasteiger partial charge in [-0.3, -0.25) is 4.79 Å². The number of rotatable bonds is 4. The average Bonchev–Trinajstić information content (AvgIpc) is 2.90. The highest BCUT2D eigenvalue weighted by molar-refractivity contribution is 6.02. The van der Waals surface area contributed by atoms with Crippen molar-refractivity contribution in [3.8, 4) is 5.75 Å². The van der Waals surface area contributed by atoms with Crippen molar-refractivity contribution >= 4 is 22.5 Å². The summed E-state index contributed by atoms with van der Waals surface area (Å²) in [4.78, 5) is 15.4. The van der Waals surface area contributed by atoms with Crippen LogP contribution in [0.2, 0.25) is 0 Å². The highest BCUT2D eigenvalue weighted by Crippen LogP contribution is 2.24. The van der Waals surface area contributed by atoms with Crippen LogP contribution in [0.15, 0.2) is 42.5 Å². The van der Waals surface area contributed by atoms with E-state index in [2.05, 4.69) is 10.3 Å². The Morgan fingerprint density at radius 2 is 1.91 bits per heavy atom. The van der Waals surface area contributed by atoms with Crippen molar-refractivity contribution < 1.29 is 9.53 Å². The molecule has 0 unspecified atom stereocenters. The summed E-state index contributed by atoms with van der Waals surface area (Å²) in [5.41, 5.74) is 5.07. The Labute approximate surface area is 135 Å².